The van der Waals surface area contributed by atoms with Crippen molar-refractivity contribution in [3.05, 3.63) is 31.0 Å². The van der Waals surface area contributed by atoms with Gasteiger partial charge in [0.1, 0.15) is 12.0 Å². The molecular weight excluding hydrogens is 276 g/mol. The number of aromatic amines is 1. The molecule has 0 radical (unpaired) electrons. The van der Waals surface area contributed by atoms with Crippen LogP contribution in [-0.2, 0) is 0 Å². The summed E-state index contributed by atoms with van der Waals surface area (Å²) >= 11 is 0. The molecule has 3 heterocycles. The maximum absolute atomic E-state index is 7.32. The van der Waals surface area contributed by atoms with E-state index >= 15 is 0 Å². The van der Waals surface area contributed by atoms with Crippen molar-refractivity contribution in [1.29, 1.82) is 5.26 Å². The van der Waals surface area contributed by atoms with E-state index in [4.69, 9.17) is 5.26 Å². The Kier molecular flexibility index (Phi) is 4.15. The standard InChI is InChI=1S/C14H15N5.C2H3N/c1-2-4-11(3-1)19-8-10(7-18-19)13-12-5-6-15-14(12)17-9-16-13;1-2-3/h5-9,11H,1-4H2,(H,15,16,17);1H3. The number of nitrogens with one attached hydrogen (secondary N) is 1. The van der Waals surface area contributed by atoms with E-state index in [1.807, 2.05) is 18.5 Å². The molecule has 1 N–H and O–H groups in total. The van der Waals surface area contributed by atoms with Crippen LogP contribution in [0.25, 0.3) is 22.3 Å². The maximum Gasteiger partial charge on any atom is 0.141 e. The second kappa shape index (κ2) is 6.39. The summed E-state index contributed by atoms with van der Waals surface area (Å²) in [6, 6.07) is 4.33. The number of nitrogens with zero attached hydrogens (tertiary/aromatic N) is 5. The maximum atomic E-state index is 7.32. The molecule has 22 heavy (non-hydrogen) atoms. The fourth-order valence-corrected chi connectivity index (χ4v) is 2.93. The predicted octanol–water partition coefficient (Wildman–Crippen LogP) is 3.47. The molecule has 1 aliphatic rings. The lowest BCUT2D eigenvalue weighted by Crippen LogP contribution is -2.04. The van der Waals surface area contributed by atoms with Crippen LogP contribution in [0.1, 0.15) is 38.6 Å². The molecule has 0 saturated heterocycles. The van der Waals surface area contributed by atoms with Crippen molar-refractivity contribution in [2.75, 3.05) is 0 Å². The molecule has 0 amide bonds. The fourth-order valence-electron chi connectivity index (χ4n) is 2.93. The molecule has 0 spiro atoms. The van der Waals surface area contributed by atoms with Crippen molar-refractivity contribution >= 4 is 11.0 Å². The van der Waals surface area contributed by atoms with E-state index in [0.29, 0.717) is 6.04 Å². The van der Waals surface area contributed by atoms with Gasteiger partial charge < -0.3 is 4.98 Å². The Labute approximate surface area is 128 Å². The van der Waals surface area contributed by atoms with E-state index in [-0.39, 0.29) is 0 Å². The van der Waals surface area contributed by atoms with Gasteiger partial charge in [-0.15, -0.1) is 0 Å². The average Bonchev–Trinajstić information content (AvgIpc) is 3.27. The average molecular weight is 294 g/mol. The van der Waals surface area contributed by atoms with Gasteiger partial charge in [-0.3, -0.25) is 4.68 Å². The number of hydrogen-bond acceptors (Lipinski definition) is 4. The second-order valence-corrected chi connectivity index (χ2v) is 5.33. The van der Waals surface area contributed by atoms with Crippen molar-refractivity contribution < 1.29 is 0 Å². The summed E-state index contributed by atoms with van der Waals surface area (Å²) in [5.74, 6) is 0. The Morgan fingerprint density at radius 3 is 2.86 bits per heavy atom. The number of aromatic nitrogens is 5. The molecular formula is C16H18N6. The Balaban J connectivity index is 0.000000446. The van der Waals surface area contributed by atoms with Gasteiger partial charge >= 0.3 is 0 Å². The zero-order chi connectivity index (χ0) is 15.4. The Morgan fingerprint density at radius 1 is 1.32 bits per heavy atom. The van der Waals surface area contributed by atoms with Crippen LogP contribution in [0.5, 0.6) is 0 Å². The van der Waals surface area contributed by atoms with Crippen LogP contribution >= 0.6 is 0 Å². The topological polar surface area (TPSA) is 83.2 Å². The van der Waals surface area contributed by atoms with Gasteiger partial charge in [0.15, 0.2) is 0 Å². The van der Waals surface area contributed by atoms with Crippen molar-refractivity contribution in [3.8, 4) is 17.3 Å². The molecule has 0 aromatic carbocycles. The molecule has 3 aromatic rings. The van der Waals surface area contributed by atoms with Crippen LogP contribution in [0.2, 0.25) is 0 Å². The summed E-state index contributed by atoms with van der Waals surface area (Å²) in [5.41, 5.74) is 2.90. The van der Waals surface area contributed by atoms with Crippen molar-refractivity contribution in [2.24, 2.45) is 0 Å². The van der Waals surface area contributed by atoms with Crippen LogP contribution in [0.4, 0.5) is 0 Å². The third kappa shape index (κ3) is 2.70. The lowest BCUT2D eigenvalue weighted by Gasteiger charge is -2.08. The molecule has 0 bridgehead atoms. The molecule has 0 unspecified atom stereocenters. The van der Waals surface area contributed by atoms with Crippen molar-refractivity contribution in [2.45, 2.75) is 38.6 Å². The summed E-state index contributed by atoms with van der Waals surface area (Å²) in [7, 11) is 0. The molecule has 1 aliphatic carbocycles. The van der Waals surface area contributed by atoms with E-state index in [9.17, 15) is 0 Å². The third-order valence-electron chi connectivity index (χ3n) is 3.93. The lowest BCUT2D eigenvalue weighted by atomic mass is 10.2. The van der Waals surface area contributed by atoms with Crippen molar-refractivity contribution in [1.82, 2.24) is 24.7 Å². The Bertz CT molecular complexity index is 788. The minimum absolute atomic E-state index is 0.567. The number of fused-ring (bicyclic) bond motifs is 1. The highest BCUT2D eigenvalue weighted by atomic mass is 15.3. The smallest absolute Gasteiger partial charge is 0.141 e. The third-order valence-corrected chi connectivity index (χ3v) is 3.93. The van der Waals surface area contributed by atoms with Gasteiger partial charge in [-0.05, 0) is 18.9 Å². The first kappa shape index (κ1) is 14.3. The second-order valence-electron chi connectivity index (χ2n) is 5.33. The zero-order valence-corrected chi connectivity index (χ0v) is 12.5. The highest BCUT2D eigenvalue weighted by molar-refractivity contribution is 5.89. The van der Waals surface area contributed by atoms with Gasteiger partial charge in [-0.1, -0.05) is 12.8 Å². The highest BCUT2D eigenvalue weighted by Crippen LogP contribution is 2.31. The van der Waals surface area contributed by atoms with E-state index in [2.05, 4.69) is 30.9 Å². The number of H-pyrrole nitrogens is 1. The van der Waals surface area contributed by atoms with Gasteiger partial charge in [0, 0.05) is 30.3 Å². The largest absolute Gasteiger partial charge is 0.346 e. The van der Waals surface area contributed by atoms with Crippen LogP contribution in [0.15, 0.2) is 31.0 Å². The lowest BCUT2D eigenvalue weighted by molar-refractivity contribution is 0.467. The first-order valence-corrected chi connectivity index (χ1v) is 7.47. The van der Waals surface area contributed by atoms with Crippen LogP contribution in [0, 0.1) is 11.3 Å². The van der Waals surface area contributed by atoms with E-state index in [1.165, 1.54) is 32.6 Å². The summed E-state index contributed by atoms with van der Waals surface area (Å²) in [6.07, 6.45) is 12.6. The normalized spacial score (nSPS) is 14.5. The van der Waals surface area contributed by atoms with E-state index < -0.39 is 0 Å². The first-order chi connectivity index (χ1) is 10.8. The van der Waals surface area contributed by atoms with Crippen LogP contribution in [-0.4, -0.2) is 24.7 Å². The molecule has 1 fully saturated rings. The zero-order valence-electron chi connectivity index (χ0n) is 12.5. The van der Waals surface area contributed by atoms with Crippen LogP contribution < -0.4 is 0 Å². The van der Waals surface area contributed by atoms with Gasteiger partial charge in [-0.2, -0.15) is 10.4 Å². The fraction of sp³-hybridized carbons (Fsp3) is 0.375. The molecule has 6 heteroatoms. The van der Waals surface area contributed by atoms with Gasteiger partial charge in [-0.25, -0.2) is 9.97 Å². The number of hydrogen-bond donors (Lipinski definition) is 1. The van der Waals surface area contributed by atoms with E-state index in [1.54, 1.807) is 12.4 Å². The van der Waals surface area contributed by atoms with Gasteiger partial charge in [0.2, 0.25) is 0 Å². The number of nitriles is 1. The molecule has 0 atom stereocenters. The summed E-state index contributed by atoms with van der Waals surface area (Å²) < 4.78 is 2.10. The number of rotatable bonds is 2. The summed E-state index contributed by atoms with van der Waals surface area (Å²) in [4.78, 5) is 11.7. The summed E-state index contributed by atoms with van der Waals surface area (Å²) in [5, 5.41) is 12.9. The molecule has 0 aliphatic heterocycles. The van der Waals surface area contributed by atoms with E-state index in [0.717, 1.165) is 22.3 Å². The quantitative estimate of drug-likeness (QED) is 0.784. The Morgan fingerprint density at radius 2 is 2.09 bits per heavy atom. The van der Waals surface area contributed by atoms with Gasteiger partial charge in [0.05, 0.1) is 24.0 Å². The molecule has 112 valence electrons. The van der Waals surface area contributed by atoms with Gasteiger partial charge in [0.25, 0.3) is 0 Å². The predicted molar refractivity (Wildman–Crippen MR) is 83.9 cm³/mol. The minimum Gasteiger partial charge on any atom is -0.346 e. The monoisotopic (exact) mass is 294 g/mol. The van der Waals surface area contributed by atoms with Crippen molar-refractivity contribution in [3.63, 3.8) is 0 Å². The van der Waals surface area contributed by atoms with Crippen LogP contribution in [0.3, 0.4) is 0 Å². The highest BCUT2D eigenvalue weighted by Gasteiger charge is 2.18. The summed E-state index contributed by atoms with van der Waals surface area (Å²) in [6.45, 7) is 1.43. The first-order valence-electron chi connectivity index (χ1n) is 7.47. The molecule has 6 nitrogen and oxygen atoms in total. The Hall–Kier alpha value is -2.68. The molecule has 4 rings (SSSR count). The minimum atomic E-state index is 0.567. The molecule has 3 aromatic heterocycles. The molecule has 1 saturated carbocycles. The SMILES string of the molecule is CC#N.c1nc(-c2cnn(C3CCCC3)c2)c2cc[nH]c2n1.